The minimum atomic E-state index is -0.918. The van der Waals surface area contributed by atoms with Gasteiger partial charge in [0.1, 0.15) is 0 Å². The molecule has 0 heterocycles. The Morgan fingerprint density at radius 3 is 2.50 bits per heavy atom. The van der Waals surface area contributed by atoms with Gasteiger partial charge in [0.05, 0.1) is 22.1 Å². The smallest absolute Gasteiger partial charge is 0.303 e. The lowest BCUT2D eigenvalue weighted by Crippen LogP contribution is -2.32. The van der Waals surface area contributed by atoms with E-state index in [0.717, 1.165) is 19.3 Å². The van der Waals surface area contributed by atoms with Gasteiger partial charge in [0.2, 0.25) is 5.91 Å². The van der Waals surface area contributed by atoms with Crippen molar-refractivity contribution in [1.29, 1.82) is 0 Å². The molecule has 0 radical (unpaired) electrons. The fourth-order valence-corrected chi connectivity index (χ4v) is 3.46. The number of rotatable bonds is 6. The molecule has 130 valence electrons. The fraction of sp³-hybridized carbons (Fsp3) is 0.500. The Bertz CT molecular complexity index is 656. The van der Waals surface area contributed by atoms with Crippen molar-refractivity contribution < 1.29 is 19.6 Å². The van der Waals surface area contributed by atoms with E-state index in [1.807, 2.05) is 0 Å². The van der Waals surface area contributed by atoms with Gasteiger partial charge in [0, 0.05) is 18.6 Å². The number of aliphatic carboxylic acids is 1. The van der Waals surface area contributed by atoms with Crippen molar-refractivity contribution in [1.82, 2.24) is 0 Å². The Labute approximate surface area is 144 Å². The summed E-state index contributed by atoms with van der Waals surface area (Å²) in [5, 5.41) is 22.8. The molecule has 0 saturated heterocycles. The van der Waals surface area contributed by atoms with Crippen LogP contribution in [0.5, 0.6) is 0 Å². The molecule has 1 fully saturated rings. The first kappa shape index (κ1) is 18.2. The number of carbonyl (C=O) groups is 2. The summed E-state index contributed by atoms with van der Waals surface area (Å²) in [4.78, 5) is 33.8. The quantitative estimate of drug-likeness (QED) is 0.592. The number of hydrogen-bond acceptors (Lipinski definition) is 4. The SMILES string of the molecule is O=C(O)CC1(CC(=O)Nc2cc([N+](=O)[O-])ccc2Cl)CCCCC1. The van der Waals surface area contributed by atoms with Gasteiger partial charge < -0.3 is 10.4 Å². The van der Waals surface area contributed by atoms with Crippen LogP contribution < -0.4 is 5.32 Å². The highest BCUT2D eigenvalue weighted by molar-refractivity contribution is 6.33. The number of nitro benzene ring substituents is 1. The molecule has 0 spiro atoms. The van der Waals surface area contributed by atoms with Gasteiger partial charge >= 0.3 is 5.97 Å². The normalized spacial score (nSPS) is 16.4. The van der Waals surface area contributed by atoms with Crippen molar-refractivity contribution in [3.8, 4) is 0 Å². The fourth-order valence-electron chi connectivity index (χ4n) is 3.30. The molecule has 8 heteroatoms. The van der Waals surface area contributed by atoms with Crippen LogP contribution in [0.15, 0.2) is 18.2 Å². The van der Waals surface area contributed by atoms with E-state index in [-0.39, 0.29) is 35.1 Å². The van der Waals surface area contributed by atoms with Crippen LogP contribution in [0.25, 0.3) is 0 Å². The van der Waals surface area contributed by atoms with E-state index in [2.05, 4.69) is 5.32 Å². The highest BCUT2D eigenvalue weighted by Crippen LogP contribution is 2.42. The van der Waals surface area contributed by atoms with Gasteiger partial charge in [-0.05, 0) is 24.3 Å². The second kappa shape index (κ2) is 7.61. The van der Waals surface area contributed by atoms with Gasteiger partial charge in [-0.3, -0.25) is 19.7 Å². The van der Waals surface area contributed by atoms with Crippen LogP contribution in [0.4, 0.5) is 11.4 Å². The van der Waals surface area contributed by atoms with Crippen molar-refractivity contribution >= 4 is 34.9 Å². The lowest BCUT2D eigenvalue weighted by molar-refractivity contribution is -0.384. The number of hydrogen-bond donors (Lipinski definition) is 2. The maximum absolute atomic E-state index is 12.4. The summed E-state index contributed by atoms with van der Waals surface area (Å²) in [5.74, 6) is -1.29. The summed E-state index contributed by atoms with van der Waals surface area (Å²) in [7, 11) is 0. The molecule has 0 aromatic heterocycles. The summed E-state index contributed by atoms with van der Waals surface area (Å²) < 4.78 is 0. The van der Waals surface area contributed by atoms with Gasteiger partial charge in [-0.1, -0.05) is 30.9 Å². The number of nitro groups is 1. The zero-order valence-corrected chi connectivity index (χ0v) is 13.8. The van der Waals surface area contributed by atoms with E-state index < -0.39 is 16.3 Å². The van der Waals surface area contributed by atoms with Crippen LogP contribution in [0.3, 0.4) is 0 Å². The first-order valence-electron chi connectivity index (χ1n) is 7.77. The summed E-state index contributed by atoms with van der Waals surface area (Å²) in [6.45, 7) is 0. The lowest BCUT2D eigenvalue weighted by Gasteiger charge is -2.35. The van der Waals surface area contributed by atoms with Crippen LogP contribution in [-0.2, 0) is 9.59 Å². The van der Waals surface area contributed by atoms with E-state index in [9.17, 15) is 19.7 Å². The number of benzene rings is 1. The second-order valence-electron chi connectivity index (χ2n) is 6.28. The molecular weight excluding hydrogens is 336 g/mol. The summed E-state index contributed by atoms with van der Waals surface area (Å²) >= 11 is 5.98. The van der Waals surface area contributed by atoms with E-state index in [1.54, 1.807) is 0 Å². The van der Waals surface area contributed by atoms with Crippen LogP contribution in [0, 0.1) is 15.5 Å². The lowest BCUT2D eigenvalue weighted by atomic mass is 9.69. The maximum atomic E-state index is 12.4. The van der Waals surface area contributed by atoms with E-state index >= 15 is 0 Å². The van der Waals surface area contributed by atoms with Crippen LogP contribution >= 0.6 is 11.6 Å². The predicted molar refractivity (Wildman–Crippen MR) is 89.1 cm³/mol. The van der Waals surface area contributed by atoms with Crippen LogP contribution in [0.1, 0.15) is 44.9 Å². The molecule has 24 heavy (non-hydrogen) atoms. The molecule has 0 bridgehead atoms. The number of amides is 1. The van der Waals surface area contributed by atoms with Crippen molar-refractivity contribution in [2.75, 3.05) is 5.32 Å². The molecule has 0 unspecified atom stereocenters. The van der Waals surface area contributed by atoms with Crippen LogP contribution in [0.2, 0.25) is 5.02 Å². The van der Waals surface area contributed by atoms with Crippen molar-refractivity contribution in [2.45, 2.75) is 44.9 Å². The molecular formula is C16H19ClN2O5. The first-order chi connectivity index (χ1) is 11.3. The summed E-state index contributed by atoms with van der Waals surface area (Å²) in [6.07, 6.45) is 4.24. The molecule has 2 rings (SSSR count). The Kier molecular flexibility index (Phi) is 5.77. The van der Waals surface area contributed by atoms with Gasteiger partial charge in [-0.25, -0.2) is 0 Å². The third kappa shape index (κ3) is 4.67. The standard InChI is InChI=1S/C16H19ClN2O5/c17-12-5-4-11(19(23)24)8-13(12)18-14(20)9-16(10-15(21)22)6-2-1-3-7-16/h4-5,8H,1-3,6-7,9-10H2,(H,18,20)(H,21,22). The highest BCUT2D eigenvalue weighted by Gasteiger charge is 2.36. The van der Waals surface area contributed by atoms with Gasteiger partial charge in [0.15, 0.2) is 0 Å². The molecule has 2 N–H and O–H groups in total. The number of nitrogens with one attached hydrogen (secondary N) is 1. The molecule has 1 saturated carbocycles. The number of nitrogens with zero attached hydrogens (tertiary/aromatic N) is 1. The van der Waals surface area contributed by atoms with Gasteiger partial charge in [-0.15, -0.1) is 0 Å². The van der Waals surface area contributed by atoms with Gasteiger partial charge in [0.25, 0.3) is 5.69 Å². The molecule has 1 aliphatic carbocycles. The zero-order valence-electron chi connectivity index (χ0n) is 13.1. The van der Waals surface area contributed by atoms with Crippen molar-refractivity contribution in [2.24, 2.45) is 5.41 Å². The molecule has 1 aliphatic rings. The van der Waals surface area contributed by atoms with E-state index in [0.29, 0.717) is 12.8 Å². The Morgan fingerprint density at radius 1 is 1.25 bits per heavy atom. The first-order valence-corrected chi connectivity index (χ1v) is 8.15. The Hall–Kier alpha value is -2.15. The number of halogens is 1. The minimum Gasteiger partial charge on any atom is -0.481 e. The van der Waals surface area contributed by atoms with E-state index in [4.69, 9.17) is 16.7 Å². The Balaban J connectivity index is 2.12. The average Bonchev–Trinajstić information content (AvgIpc) is 2.49. The molecule has 0 aliphatic heterocycles. The van der Waals surface area contributed by atoms with Crippen LogP contribution in [-0.4, -0.2) is 21.9 Å². The molecule has 1 aromatic carbocycles. The van der Waals surface area contributed by atoms with Crippen molar-refractivity contribution in [3.05, 3.63) is 33.3 Å². The zero-order chi connectivity index (χ0) is 17.7. The molecule has 1 amide bonds. The van der Waals surface area contributed by atoms with E-state index in [1.165, 1.54) is 18.2 Å². The largest absolute Gasteiger partial charge is 0.481 e. The monoisotopic (exact) mass is 354 g/mol. The Morgan fingerprint density at radius 2 is 1.92 bits per heavy atom. The second-order valence-corrected chi connectivity index (χ2v) is 6.68. The number of carboxylic acid groups (broad SMARTS) is 1. The average molecular weight is 355 g/mol. The van der Waals surface area contributed by atoms with Gasteiger partial charge in [-0.2, -0.15) is 0 Å². The number of carboxylic acids is 1. The summed E-state index contributed by atoms with van der Waals surface area (Å²) in [6, 6.07) is 3.80. The topological polar surface area (TPSA) is 110 Å². The highest BCUT2D eigenvalue weighted by atomic mass is 35.5. The molecule has 1 aromatic rings. The predicted octanol–water partition coefficient (Wildman–Crippen LogP) is 4.00. The van der Waals surface area contributed by atoms with Crippen molar-refractivity contribution in [3.63, 3.8) is 0 Å². The number of non-ortho nitro benzene ring substituents is 1. The molecule has 0 atom stereocenters. The minimum absolute atomic E-state index is 0.0525. The molecule has 7 nitrogen and oxygen atoms in total. The number of anilines is 1. The third-order valence-electron chi connectivity index (χ3n) is 4.41. The third-order valence-corrected chi connectivity index (χ3v) is 4.74. The maximum Gasteiger partial charge on any atom is 0.303 e. The number of carbonyl (C=O) groups excluding carboxylic acids is 1. The summed E-state index contributed by atoms with van der Waals surface area (Å²) in [5.41, 5.74) is -0.564.